The third-order valence-corrected chi connectivity index (χ3v) is 1.47. The summed E-state index contributed by atoms with van der Waals surface area (Å²) in [6.45, 7) is 0. The lowest BCUT2D eigenvalue weighted by atomic mass is 10.1. The van der Waals surface area contributed by atoms with Crippen molar-refractivity contribution in [3.8, 4) is 11.8 Å². The highest BCUT2D eigenvalue weighted by atomic mass is 19.1. The summed E-state index contributed by atoms with van der Waals surface area (Å²) in [5, 5.41) is 17.2. The van der Waals surface area contributed by atoms with Gasteiger partial charge in [-0.1, -0.05) is 6.07 Å². The highest BCUT2D eigenvalue weighted by Gasteiger charge is 2.07. The van der Waals surface area contributed by atoms with E-state index >= 15 is 0 Å². The van der Waals surface area contributed by atoms with Crippen LogP contribution in [-0.2, 0) is 0 Å². The van der Waals surface area contributed by atoms with E-state index in [-0.39, 0.29) is 0 Å². The Morgan fingerprint density at radius 2 is 2.25 bits per heavy atom. The van der Waals surface area contributed by atoms with E-state index in [1.165, 1.54) is 12.1 Å². The molecule has 0 aliphatic rings. The maximum absolute atomic E-state index is 12.7. The molecule has 1 aromatic rings. The monoisotopic (exact) mass is 166 g/mol. The average molecular weight is 166 g/mol. The Labute approximate surface area is 68.9 Å². The number of hydrogen-bond acceptors (Lipinski definition) is 3. The first-order valence-electron chi connectivity index (χ1n) is 3.28. The van der Waals surface area contributed by atoms with Crippen molar-refractivity contribution < 1.29 is 9.50 Å². The van der Waals surface area contributed by atoms with Gasteiger partial charge in [0.05, 0.1) is 6.07 Å². The summed E-state index contributed by atoms with van der Waals surface area (Å²) in [5.41, 5.74) is 5.66. The lowest BCUT2D eigenvalue weighted by Crippen LogP contribution is -2.07. The Hall–Kier alpha value is -1.60. The smallest absolute Gasteiger partial charge is 0.165 e. The molecule has 1 aromatic carbocycles. The molecular weight excluding hydrogens is 159 g/mol. The van der Waals surface area contributed by atoms with Gasteiger partial charge >= 0.3 is 0 Å². The summed E-state index contributed by atoms with van der Waals surface area (Å²) in [7, 11) is 0. The standard InChI is InChI=1S/C8H7FN2O/c9-6-3-5(7(11)4-10)1-2-8(6)12/h1-3,7,12H,11H2. The minimum atomic E-state index is -0.847. The maximum atomic E-state index is 12.7. The predicted molar refractivity (Wildman–Crippen MR) is 40.6 cm³/mol. The second-order valence-electron chi connectivity index (χ2n) is 2.32. The van der Waals surface area contributed by atoms with Crippen LogP contribution in [0.1, 0.15) is 11.6 Å². The molecule has 0 fully saturated rings. The molecule has 3 nitrogen and oxygen atoms in total. The van der Waals surface area contributed by atoms with Crippen molar-refractivity contribution >= 4 is 0 Å². The molecule has 4 heteroatoms. The first kappa shape index (κ1) is 8.50. The van der Waals surface area contributed by atoms with Crippen LogP contribution >= 0.6 is 0 Å². The summed E-state index contributed by atoms with van der Waals surface area (Å²) in [6, 6.07) is 4.53. The number of nitrogens with zero attached hydrogens (tertiary/aromatic N) is 1. The van der Waals surface area contributed by atoms with E-state index in [0.29, 0.717) is 5.56 Å². The topological polar surface area (TPSA) is 70.0 Å². The minimum absolute atomic E-state index is 0.354. The van der Waals surface area contributed by atoms with Gasteiger partial charge in [-0.3, -0.25) is 0 Å². The zero-order valence-electron chi connectivity index (χ0n) is 6.16. The predicted octanol–water partition coefficient (Wildman–Crippen LogP) is 1.05. The van der Waals surface area contributed by atoms with E-state index in [1.807, 2.05) is 0 Å². The van der Waals surface area contributed by atoms with Crippen molar-refractivity contribution in [3.63, 3.8) is 0 Å². The molecule has 0 spiro atoms. The molecule has 62 valence electrons. The van der Waals surface area contributed by atoms with Crippen LogP contribution < -0.4 is 5.73 Å². The maximum Gasteiger partial charge on any atom is 0.165 e. The summed E-state index contributed by atoms with van der Waals surface area (Å²) >= 11 is 0. The van der Waals surface area contributed by atoms with Gasteiger partial charge in [-0.05, 0) is 17.7 Å². The summed E-state index contributed by atoms with van der Waals surface area (Å²) in [4.78, 5) is 0. The molecule has 0 bridgehead atoms. The van der Waals surface area contributed by atoms with E-state index in [2.05, 4.69) is 0 Å². The molecule has 0 aliphatic heterocycles. The van der Waals surface area contributed by atoms with Gasteiger partial charge in [0, 0.05) is 0 Å². The number of nitriles is 1. The van der Waals surface area contributed by atoms with Crippen LogP contribution in [0.15, 0.2) is 18.2 Å². The second-order valence-corrected chi connectivity index (χ2v) is 2.32. The Morgan fingerprint density at radius 1 is 1.58 bits per heavy atom. The van der Waals surface area contributed by atoms with Gasteiger partial charge in [-0.25, -0.2) is 4.39 Å². The quantitative estimate of drug-likeness (QED) is 0.655. The molecular formula is C8H7FN2O. The van der Waals surface area contributed by atoms with Gasteiger partial charge in [-0.2, -0.15) is 5.26 Å². The van der Waals surface area contributed by atoms with E-state index in [1.54, 1.807) is 6.07 Å². The third kappa shape index (κ3) is 1.52. The normalized spacial score (nSPS) is 12.1. The largest absolute Gasteiger partial charge is 0.505 e. The van der Waals surface area contributed by atoms with Crippen molar-refractivity contribution in [2.75, 3.05) is 0 Å². The van der Waals surface area contributed by atoms with E-state index < -0.39 is 17.6 Å². The number of halogens is 1. The van der Waals surface area contributed by atoms with Crippen molar-refractivity contribution in [2.45, 2.75) is 6.04 Å². The number of hydrogen-bond donors (Lipinski definition) is 2. The van der Waals surface area contributed by atoms with Gasteiger partial charge in [-0.15, -0.1) is 0 Å². The van der Waals surface area contributed by atoms with Gasteiger partial charge in [0.2, 0.25) is 0 Å². The van der Waals surface area contributed by atoms with Crippen molar-refractivity contribution in [1.82, 2.24) is 0 Å². The van der Waals surface area contributed by atoms with Crippen LogP contribution in [-0.4, -0.2) is 5.11 Å². The summed E-state index contributed by atoms with van der Waals surface area (Å²) in [5.74, 6) is -1.21. The molecule has 0 saturated carbocycles. The highest BCUT2D eigenvalue weighted by Crippen LogP contribution is 2.19. The zero-order valence-corrected chi connectivity index (χ0v) is 6.16. The van der Waals surface area contributed by atoms with Gasteiger partial charge in [0.15, 0.2) is 11.6 Å². The number of rotatable bonds is 1. The van der Waals surface area contributed by atoms with Gasteiger partial charge in [0.1, 0.15) is 6.04 Å². The summed E-state index contributed by atoms with van der Waals surface area (Å²) in [6.07, 6.45) is 0. The minimum Gasteiger partial charge on any atom is -0.505 e. The fourth-order valence-electron chi connectivity index (χ4n) is 0.791. The first-order chi connectivity index (χ1) is 5.65. The molecule has 0 saturated heterocycles. The molecule has 0 heterocycles. The van der Waals surface area contributed by atoms with E-state index in [4.69, 9.17) is 16.1 Å². The van der Waals surface area contributed by atoms with E-state index in [9.17, 15) is 4.39 Å². The molecule has 1 unspecified atom stereocenters. The van der Waals surface area contributed by atoms with Gasteiger partial charge < -0.3 is 10.8 Å². The van der Waals surface area contributed by atoms with Crippen LogP contribution in [0.5, 0.6) is 5.75 Å². The number of nitrogens with two attached hydrogens (primary N) is 1. The Morgan fingerprint density at radius 3 is 2.75 bits per heavy atom. The van der Waals surface area contributed by atoms with Crippen LogP contribution in [0, 0.1) is 17.1 Å². The molecule has 1 atom stereocenters. The Balaban J connectivity index is 3.06. The number of phenols is 1. The Kier molecular flexibility index (Phi) is 2.26. The van der Waals surface area contributed by atoms with Crippen molar-refractivity contribution in [1.29, 1.82) is 5.26 Å². The molecule has 0 aromatic heterocycles. The second kappa shape index (κ2) is 3.20. The van der Waals surface area contributed by atoms with Crippen LogP contribution in [0.3, 0.4) is 0 Å². The SMILES string of the molecule is N#CC(N)c1ccc(O)c(F)c1. The number of phenolic OH excluding ortho intramolecular Hbond substituents is 1. The number of benzene rings is 1. The average Bonchev–Trinajstić information content (AvgIpc) is 2.08. The zero-order chi connectivity index (χ0) is 9.14. The molecule has 1 rings (SSSR count). The van der Waals surface area contributed by atoms with Crippen LogP contribution in [0.4, 0.5) is 4.39 Å². The Bertz CT molecular complexity index is 332. The number of aromatic hydroxyl groups is 1. The molecule has 0 aliphatic carbocycles. The van der Waals surface area contributed by atoms with Crippen molar-refractivity contribution in [2.24, 2.45) is 5.73 Å². The lowest BCUT2D eigenvalue weighted by Gasteiger charge is -2.02. The molecule has 12 heavy (non-hydrogen) atoms. The van der Waals surface area contributed by atoms with E-state index in [0.717, 1.165) is 6.07 Å². The van der Waals surface area contributed by atoms with Crippen LogP contribution in [0.25, 0.3) is 0 Å². The first-order valence-corrected chi connectivity index (χ1v) is 3.28. The summed E-state index contributed by atoms with van der Waals surface area (Å²) < 4.78 is 12.7. The molecule has 0 amide bonds. The molecule has 3 N–H and O–H groups in total. The lowest BCUT2D eigenvalue weighted by molar-refractivity contribution is 0.431. The highest BCUT2D eigenvalue weighted by molar-refractivity contribution is 5.31. The van der Waals surface area contributed by atoms with Gasteiger partial charge in [0.25, 0.3) is 0 Å². The third-order valence-electron chi connectivity index (χ3n) is 1.47. The molecule has 0 radical (unpaired) electrons. The van der Waals surface area contributed by atoms with Crippen molar-refractivity contribution in [3.05, 3.63) is 29.6 Å². The fourth-order valence-corrected chi connectivity index (χ4v) is 0.791. The fraction of sp³-hybridized carbons (Fsp3) is 0.125. The van der Waals surface area contributed by atoms with Crippen LogP contribution in [0.2, 0.25) is 0 Å².